The highest BCUT2D eigenvalue weighted by Crippen LogP contribution is 2.25. The summed E-state index contributed by atoms with van der Waals surface area (Å²) in [5.41, 5.74) is 2.68. The van der Waals surface area contributed by atoms with E-state index in [-0.39, 0.29) is 17.7 Å². The van der Waals surface area contributed by atoms with Crippen molar-refractivity contribution in [1.82, 2.24) is 14.9 Å². The van der Waals surface area contributed by atoms with Gasteiger partial charge in [0.2, 0.25) is 17.8 Å². The number of carbonyl (C=O) groups excluding carboxylic acids is 2. The molecule has 2 amide bonds. The molecule has 2 aromatic carbocycles. The number of hydrogen-bond acceptors (Lipinski definition) is 3. The number of nitrogens with one attached hydrogen (secondary N) is 2. The molecule has 2 heterocycles. The summed E-state index contributed by atoms with van der Waals surface area (Å²) in [5, 5.41) is 5.69. The van der Waals surface area contributed by atoms with Gasteiger partial charge in [0, 0.05) is 18.7 Å². The van der Waals surface area contributed by atoms with E-state index in [1.807, 2.05) is 59.2 Å². The van der Waals surface area contributed by atoms with Gasteiger partial charge in [-0.2, -0.15) is 0 Å². The van der Waals surface area contributed by atoms with Crippen molar-refractivity contribution in [3.63, 3.8) is 0 Å². The van der Waals surface area contributed by atoms with E-state index in [4.69, 9.17) is 0 Å². The predicted molar refractivity (Wildman–Crippen MR) is 95.4 cm³/mol. The molecule has 4 rings (SSSR count). The molecule has 1 saturated heterocycles. The van der Waals surface area contributed by atoms with Gasteiger partial charge in [-0.05, 0) is 30.7 Å². The lowest BCUT2D eigenvalue weighted by Crippen LogP contribution is -2.40. The first-order chi connectivity index (χ1) is 12.2. The van der Waals surface area contributed by atoms with Crippen molar-refractivity contribution in [2.24, 2.45) is 5.92 Å². The van der Waals surface area contributed by atoms with E-state index in [9.17, 15) is 9.59 Å². The molecule has 3 aromatic rings. The smallest absolute Gasteiger partial charge is 0.231 e. The minimum atomic E-state index is -0.235. The van der Waals surface area contributed by atoms with E-state index in [1.165, 1.54) is 0 Å². The lowest BCUT2D eigenvalue weighted by molar-refractivity contribution is -0.126. The quantitative estimate of drug-likeness (QED) is 0.773. The zero-order chi connectivity index (χ0) is 17.2. The highest BCUT2D eigenvalue weighted by atomic mass is 16.2. The van der Waals surface area contributed by atoms with Crippen molar-refractivity contribution < 1.29 is 9.59 Å². The van der Waals surface area contributed by atoms with Crippen LogP contribution in [0.3, 0.4) is 0 Å². The number of nitrogens with zero attached hydrogens (tertiary/aromatic N) is 2. The highest BCUT2D eigenvalue weighted by Gasteiger charge is 2.26. The Balaban J connectivity index is 1.69. The second-order valence-electron chi connectivity index (χ2n) is 6.12. The van der Waals surface area contributed by atoms with Gasteiger partial charge in [-0.15, -0.1) is 0 Å². The van der Waals surface area contributed by atoms with Crippen LogP contribution in [-0.2, 0) is 9.59 Å². The third-order valence-electron chi connectivity index (χ3n) is 4.45. The van der Waals surface area contributed by atoms with Gasteiger partial charge in [-0.25, -0.2) is 4.98 Å². The lowest BCUT2D eigenvalue weighted by atomic mass is 9.98. The van der Waals surface area contributed by atoms with Gasteiger partial charge in [-0.3, -0.25) is 19.5 Å². The fourth-order valence-corrected chi connectivity index (χ4v) is 3.12. The predicted octanol–water partition coefficient (Wildman–Crippen LogP) is 2.49. The largest absolute Gasteiger partial charge is 0.355 e. The van der Waals surface area contributed by atoms with Crippen molar-refractivity contribution in [1.29, 1.82) is 0 Å². The molecule has 2 N–H and O–H groups in total. The highest BCUT2D eigenvalue weighted by molar-refractivity contribution is 5.95. The van der Waals surface area contributed by atoms with Gasteiger partial charge < -0.3 is 5.32 Å². The van der Waals surface area contributed by atoms with Gasteiger partial charge in [0.25, 0.3) is 0 Å². The van der Waals surface area contributed by atoms with Crippen LogP contribution in [0.2, 0.25) is 0 Å². The number of hydrogen-bond donors (Lipinski definition) is 2. The third-order valence-corrected chi connectivity index (χ3v) is 4.45. The fraction of sp³-hybridized carbons (Fsp3) is 0.211. The van der Waals surface area contributed by atoms with Gasteiger partial charge in [-0.1, -0.05) is 30.3 Å². The molecule has 6 heteroatoms. The molecule has 0 spiro atoms. The summed E-state index contributed by atoms with van der Waals surface area (Å²) in [6, 6.07) is 17.6. The van der Waals surface area contributed by atoms with Gasteiger partial charge in [0.05, 0.1) is 17.0 Å². The first-order valence-electron chi connectivity index (χ1n) is 8.33. The molecule has 1 fully saturated rings. The van der Waals surface area contributed by atoms with Crippen molar-refractivity contribution in [2.45, 2.75) is 12.8 Å². The summed E-state index contributed by atoms with van der Waals surface area (Å²) in [4.78, 5) is 28.5. The monoisotopic (exact) mass is 334 g/mol. The minimum absolute atomic E-state index is 0.000532. The Morgan fingerprint density at radius 1 is 1.12 bits per heavy atom. The van der Waals surface area contributed by atoms with Crippen molar-refractivity contribution >= 4 is 28.8 Å². The molecular weight excluding hydrogens is 316 g/mol. The van der Waals surface area contributed by atoms with Gasteiger partial charge in [0.15, 0.2) is 0 Å². The molecule has 1 unspecified atom stereocenters. The normalized spacial score (nSPS) is 17.3. The van der Waals surface area contributed by atoms with E-state index in [0.29, 0.717) is 25.3 Å². The van der Waals surface area contributed by atoms with E-state index in [1.54, 1.807) is 0 Å². The summed E-state index contributed by atoms with van der Waals surface area (Å²) >= 11 is 0. The molecule has 25 heavy (non-hydrogen) atoms. The molecule has 126 valence electrons. The van der Waals surface area contributed by atoms with E-state index < -0.39 is 0 Å². The van der Waals surface area contributed by atoms with Crippen LogP contribution in [0, 0.1) is 5.92 Å². The van der Waals surface area contributed by atoms with Crippen LogP contribution in [0.1, 0.15) is 12.8 Å². The number of piperidine rings is 1. The lowest BCUT2D eigenvalue weighted by Gasteiger charge is -2.21. The zero-order valence-electron chi connectivity index (χ0n) is 13.6. The van der Waals surface area contributed by atoms with Crippen LogP contribution in [0.4, 0.5) is 5.95 Å². The molecule has 1 aliphatic rings. The average Bonchev–Trinajstić information content (AvgIpc) is 3.00. The number of rotatable bonds is 3. The number of imidazole rings is 1. The summed E-state index contributed by atoms with van der Waals surface area (Å²) in [5.74, 6) is 0.143. The van der Waals surface area contributed by atoms with Crippen LogP contribution in [0.5, 0.6) is 0 Å². The standard InChI is InChI=1S/C19H18N4O2/c24-17-11-10-13(12-20-17)18(25)22-19-21-15-8-4-5-9-16(15)23(19)14-6-2-1-3-7-14/h1-9,13H,10-12H2,(H,20,24)(H,21,22,25). The maximum absolute atomic E-state index is 12.6. The number of amides is 2. The molecule has 1 atom stereocenters. The van der Waals surface area contributed by atoms with Crippen LogP contribution < -0.4 is 10.6 Å². The first-order valence-corrected chi connectivity index (χ1v) is 8.33. The Morgan fingerprint density at radius 3 is 2.64 bits per heavy atom. The van der Waals surface area contributed by atoms with Crippen LogP contribution >= 0.6 is 0 Å². The Hall–Kier alpha value is -3.15. The Bertz CT molecular complexity index is 923. The Morgan fingerprint density at radius 2 is 1.88 bits per heavy atom. The molecule has 6 nitrogen and oxygen atoms in total. The summed E-state index contributed by atoms with van der Waals surface area (Å²) in [6.07, 6.45) is 0.941. The molecular formula is C19H18N4O2. The summed E-state index contributed by atoms with van der Waals surface area (Å²) in [6.45, 7) is 0.371. The molecule has 0 saturated carbocycles. The number of carbonyl (C=O) groups is 2. The maximum Gasteiger partial charge on any atom is 0.231 e. The SMILES string of the molecule is O=C1CCC(C(=O)Nc2nc3ccccc3n2-c2ccccc2)CN1. The number of para-hydroxylation sites is 3. The number of anilines is 1. The fourth-order valence-electron chi connectivity index (χ4n) is 3.12. The molecule has 1 aromatic heterocycles. The van der Waals surface area contributed by atoms with Crippen LogP contribution in [0.25, 0.3) is 16.7 Å². The third kappa shape index (κ3) is 2.98. The number of benzene rings is 2. The van der Waals surface area contributed by atoms with Crippen molar-refractivity contribution in [2.75, 3.05) is 11.9 Å². The van der Waals surface area contributed by atoms with E-state index in [0.717, 1.165) is 16.7 Å². The Labute approximate surface area is 144 Å². The van der Waals surface area contributed by atoms with Gasteiger partial charge in [0.1, 0.15) is 0 Å². The van der Waals surface area contributed by atoms with Crippen LogP contribution in [-0.4, -0.2) is 27.9 Å². The van der Waals surface area contributed by atoms with Crippen LogP contribution in [0.15, 0.2) is 54.6 Å². The summed E-state index contributed by atoms with van der Waals surface area (Å²) in [7, 11) is 0. The number of aromatic nitrogens is 2. The Kier molecular flexibility index (Phi) is 3.93. The molecule has 0 radical (unpaired) electrons. The molecule has 0 aliphatic carbocycles. The summed E-state index contributed by atoms with van der Waals surface area (Å²) < 4.78 is 1.94. The van der Waals surface area contributed by atoms with E-state index >= 15 is 0 Å². The first kappa shape index (κ1) is 15.4. The molecule has 0 bridgehead atoms. The number of fused-ring (bicyclic) bond motifs is 1. The van der Waals surface area contributed by atoms with Crippen molar-refractivity contribution in [3.05, 3.63) is 54.6 Å². The van der Waals surface area contributed by atoms with E-state index in [2.05, 4.69) is 15.6 Å². The van der Waals surface area contributed by atoms with Crippen molar-refractivity contribution in [3.8, 4) is 5.69 Å². The maximum atomic E-state index is 12.6. The average molecular weight is 334 g/mol. The second kappa shape index (κ2) is 6.39. The van der Waals surface area contributed by atoms with Gasteiger partial charge >= 0.3 is 0 Å². The second-order valence-corrected chi connectivity index (χ2v) is 6.12. The zero-order valence-corrected chi connectivity index (χ0v) is 13.6. The topological polar surface area (TPSA) is 76.0 Å². The molecule has 1 aliphatic heterocycles. The minimum Gasteiger partial charge on any atom is -0.355 e.